The van der Waals surface area contributed by atoms with E-state index in [9.17, 15) is 18.0 Å². The Morgan fingerprint density at radius 1 is 1.15 bits per heavy atom. The monoisotopic (exact) mass is 382 g/mol. The number of Topliss-reactive ketones (excluding diaryl/α,β-unsaturated/α-hetero) is 1. The van der Waals surface area contributed by atoms with E-state index in [1.807, 2.05) is 13.8 Å². The van der Waals surface area contributed by atoms with Gasteiger partial charge >= 0.3 is 0 Å². The molecule has 1 aromatic rings. The summed E-state index contributed by atoms with van der Waals surface area (Å²) in [6.07, 6.45) is 0. The summed E-state index contributed by atoms with van der Waals surface area (Å²) in [4.78, 5) is 24.5. The molecule has 0 saturated carbocycles. The lowest BCUT2D eigenvalue weighted by atomic mass is 10.2. The van der Waals surface area contributed by atoms with Crippen LogP contribution < -0.4 is 10.2 Å². The van der Waals surface area contributed by atoms with Crippen LogP contribution in [0.1, 0.15) is 31.1 Å². The Kier molecular flexibility index (Phi) is 6.91. The molecule has 2 rings (SSSR count). The molecule has 1 aliphatic heterocycles. The summed E-state index contributed by atoms with van der Waals surface area (Å²) in [5.74, 6) is 0.317. The molecule has 0 aliphatic carbocycles. The molecule has 0 radical (unpaired) electrons. The number of nitrogens with zero attached hydrogens (tertiary/aromatic N) is 1. The number of piperazine rings is 1. The number of hydrogen-bond acceptors (Lipinski definition) is 4. The summed E-state index contributed by atoms with van der Waals surface area (Å²) >= 11 is 0. The minimum Gasteiger partial charge on any atom is -0.351 e. The van der Waals surface area contributed by atoms with Gasteiger partial charge in [0.05, 0.1) is 31.1 Å². The molecule has 7 nitrogen and oxygen atoms in total. The van der Waals surface area contributed by atoms with Gasteiger partial charge in [-0.25, -0.2) is 8.42 Å². The van der Waals surface area contributed by atoms with E-state index in [2.05, 4.69) is 5.32 Å². The fraction of sp³-hybridized carbons (Fsp3) is 0.556. The molecule has 2 N–H and O–H groups in total. The number of rotatable bonds is 7. The lowest BCUT2D eigenvalue weighted by Gasteiger charge is -2.31. The number of nitrogens with one attached hydrogen (secondary N) is 2. The van der Waals surface area contributed by atoms with Crippen molar-refractivity contribution >= 4 is 21.7 Å². The van der Waals surface area contributed by atoms with E-state index in [1.165, 1.54) is 35.5 Å². The van der Waals surface area contributed by atoms with Crippen molar-refractivity contribution in [3.8, 4) is 0 Å². The van der Waals surface area contributed by atoms with Crippen LogP contribution in [0.4, 0.5) is 0 Å². The smallest absolute Gasteiger partial charge is 0.275 e. The molecule has 1 aliphatic rings. The van der Waals surface area contributed by atoms with Crippen LogP contribution in [0, 0.1) is 5.92 Å². The van der Waals surface area contributed by atoms with Gasteiger partial charge < -0.3 is 10.2 Å². The third-order valence-corrected chi connectivity index (χ3v) is 6.36. The maximum atomic E-state index is 12.7. The molecule has 8 heteroatoms. The first-order valence-electron chi connectivity index (χ1n) is 8.91. The highest BCUT2D eigenvalue weighted by Gasteiger charge is 2.31. The predicted molar refractivity (Wildman–Crippen MR) is 98.6 cm³/mol. The topological polar surface area (TPSA) is 88.0 Å². The van der Waals surface area contributed by atoms with Crippen molar-refractivity contribution in [2.45, 2.75) is 25.7 Å². The molecule has 0 bridgehead atoms. The molecule has 0 unspecified atom stereocenters. The third-order valence-electron chi connectivity index (χ3n) is 4.45. The normalized spacial score (nSPS) is 16.6. The van der Waals surface area contributed by atoms with Crippen LogP contribution in [0.5, 0.6) is 0 Å². The van der Waals surface area contributed by atoms with Crippen molar-refractivity contribution < 1.29 is 22.9 Å². The number of hydrogen-bond donors (Lipinski definition) is 2. The third kappa shape index (κ3) is 5.36. The van der Waals surface area contributed by atoms with Gasteiger partial charge in [-0.3, -0.25) is 9.59 Å². The molecule has 144 valence electrons. The number of ketones is 1. The minimum absolute atomic E-state index is 0.00447. The van der Waals surface area contributed by atoms with Gasteiger partial charge in [-0.1, -0.05) is 26.0 Å². The van der Waals surface area contributed by atoms with E-state index in [0.717, 1.165) is 4.90 Å². The maximum absolute atomic E-state index is 12.7. The van der Waals surface area contributed by atoms with Gasteiger partial charge in [-0.15, -0.1) is 0 Å². The quantitative estimate of drug-likeness (QED) is 0.626. The van der Waals surface area contributed by atoms with Crippen molar-refractivity contribution in [1.29, 1.82) is 0 Å². The van der Waals surface area contributed by atoms with Crippen molar-refractivity contribution in [1.82, 2.24) is 9.62 Å². The molecule has 0 atom stereocenters. The van der Waals surface area contributed by atoms with Crippen molar-refractivity contribution in [2.75, 3.05) is 39.3 Å². The highest BCUT2D eigenvalue weighted by molar-refractivity contribution is 7.89. The largest absolute Gasteiger partial charge is 0.351 e. The highest BCUT2D eigenvalue weighted by atomic mass is 32.2. The summed E-state index contributed by atoms with van der Waals surface area (Å²) in [5.41, 5.74) is 0.491. The number of quaternary nitrogens is 1. The molecule has 1 amide bonds. The van der Waals surface area contributed by atoms with E-state index in [0.29, 0.717) is 50.7 Å². The van der Waals surface area contributed by atoms with Crippen LogP contribution in [0.25, 0.3) is 0 Å². The Bertz CT molecular complexity index is 736. The second-order valence-electron chi connectivity index (χ2n) is 7.11. The van der Waals surface area contributed by atoms with E-state index in [4.69, 9.17) is 0 Å². The van der Waals surface area contributed by atoms with Gasteiger partial charge in [-0.05, 0) is 25.0 Å². The zero-order valence-electron chi connectivity index (χ0n) is 15.6. The Morgan fingerprint density at radius 2 is 1.73 bits per heavy atom. The van der Waals surface area contributed by atoms with Crippen LogP contribution >= 0.6 is 0 Å². The Labute approximate surface area is 155 Å². The molecule has 0 aromatic heterocycles. The first-order chi connectivity index (χ1) is 12.2. The molecule has 0 spiro atoms. The standard InChI is InChI=1S/C18H27N3O4S/c1-14(2)12-19-18(23)13-20-8-10-21(11-9-20)26(24,25)17-6-4-16(5-7-17)15(3)22/h4-7,14H,8-13H2,1-3H3,(H,19,23)/p+1. The first-order valence-corrected chi connectivity index (χ1v) is 10.4. The molecular weight excluding hydrogens is 354 g/mol. The second-order valence-corrected chi connectivity index (χ2v) is 9.05. The van der Waals surface area contributed by atoms with E-state index in [-0.39, 0.29) is 16.6 Å². The highest BCUT2D eigenvalue weighted by Crippen LogP contribution is 2.16. The van der Waals surface area contributed by atoms with E-state index in [1.54, 1.807) is 0 Å². The average molecular weight is 383 g/mol. The summed E-state index contributed by atoms with van der Waals surface area (Å²) in [5, 5.41) is 2.89. The van der Waals surface area contributed by atoms with Gasteiger partial charge in [0.25, 0.3) is 5.91 Å². The lowest BCUT2D eigenvalue weighted by Crippen LogP contribution is -3.15. The lowest BCUT2D eigenvalue weighted by molar-refractivity contribution is -0.895. The van der Waals surface area contributed by atoms with Gasteiger partial charge in [-0.2, -0.15) is 4.31 Å². The number of sulfonamides is 1. The average Bonchev–Trinajstić information content (AvgIpc) is 2.60. The van der Waals surface area contributed by atoms with Gasteiger partial charge in [0.15, 0.2) is 12.3 Å². The summed E-state index contributed by atoms with van der Waals surface area (Å²) < 4.78 is 26.9. The number of benzene rings is 1. The summed E-state index contributed by atoms with van der Waals surface area (Å²) in [7, 11) is -3.57. The zero-order valence-corrected chi connectivity index (χ0v) is 16.4. The zero-order chi connectivity index (χ0) is 19.3. The minimum atomic E-state index is -3.57. The maximum Gasteiger partial charge on any atom is 0.275 e. The van der Waals surface area contributed by atoms with Crippen LogP contribution in [0.15, 0.2) is 29.2 Å². The molecule has 26 heavy (non-hydrogen) atoms. The van der Waals surface area contributed by atoms with Crippen LogP contribution in [-0.4, -0.2) is 63.7 Å². The SMILES string of the molecule is CC(=O)c1ccc(S(=O)(=O)N2CC[NH+](CC(=O)NCC(C)C)CC2)cc1. The van der Waals surface area contributed by atoms with Gasteiger partial charge in [0.2, 0.25) is 10.0 Å². The molecule has 1 saturated heterocycles. The van der Waals surface area contributed by atoms with Crippen molar-refractivity contribution in [3.63, 3.8) is 0 Å². The number of amides is 1. The summed E-state index contributed by atoms with van der Waals surface area (Å²) in [6.45, 7) is 8.51. The molecule has 1 aromatic carbocycles. The van der Waals surface area contributed by atoms with Crippen LogP contribution in [0.2, 0.25) is 0 Å². The number of carbonyl (C=O) groups is 2. The van der Waals surface area contributed by atoms with Crippen molar-refractivity contribution in [2.24, 2.45) is 5.92 Å². The van der Waals surface area contributed by atoms with E-state index >= 15 is 0 Å². The Hall–Kier alpha value is -1.77. The van der Waals surface area contributed by atoms with E-state index < -0.39 is 10.0 Å². The van der Waals surface area contributed by atoms with Crippen molar-refractivity contribution in [3.05, 3.63) is 29.8 Å². The molecule has 1 heterocycles. The fourth-order valence-corrected chi connectivity index (χ4v) is 4.28. The van der Waals surface area contributed by atoms with Crippen LogP contribution in [0.3, 0.4) is 0 Å². The Morgan fingerprint density at radius 3 is 2.23 bits per heavy atom. The van der Waals surface area contributed by atoms with Gasteiger partial charge in [0, 0.05) is 12.1 Å². The Balaban J connectivity index is 1.91. The first kappa shape index (κ1) is 20.5. The number of carbonyl (C=O) groups excluding carboxylic acids is 2. The second kappa shape index (κ2) is 8.75. The van der Waals surface area contributed by atoms with Crippen LogP contribution in [-0.2, 0) is 14.8 Å². The fourth-order valence-electron chi connectivity index (χ4n) is 2.84. The molecule has 1 fully saturated rings. The molecular formula is C18H28N3O4S+. The van der Waals surface area contributed by atoms with Gasteiger partial charge in [0.1, 0.15) is 0 Å². The predicted octanol–water partition coefficient (Wildman–Crippen LogP) is -0.449. The summed E-state index contributed by atoms with van der Waals surface area (Å²) in [6, 6.07) is 6.03.